The molecular formula is C14H16. The van der Waals surface area contributed by atoms with Gasteiger partial charge in [0.25, 0.3) is 0 Å². The van der Waals surface area contributed by atoms with Gasteiger partial charge in [-0.05, 0) is 36.5 Å². The highest BCUT2D eigenvalue weighted by molar-refractivity contribution is 5.44. The van der Waals surface area contributed by atoms with Gasteiger partial charge in [-0.25, -0.2) is 0 Å². The number of allylic oxidation sites excluding steroid dienone is 1. The third kappa shape index (κ3) is 2.26. The van der Waals surface area contributed by atoms with E-state index in [9.17, 15) is 0 Å². The molecule has 72 valence electrons. The van der Waals surface area contributed by atoms with Crippen molar-refractivity contribution in [1.29, 1.82) is 0 Å². The van der Waals surface area contributed by atoms with E-state index in [-0.39, 0.29) is 0 Å². The predicted molar refractivity (Wildman–Crippen MR) is 62.3 cm³/mol. The Bertz CT molecular complexity index is 366. The maximum atomic E-state index is 5.48. The zero-order valence-corrected chi connectivity index (χ0v) is 8.88. The van der Waals surface area contributed by atoms with Gasteiger partial charge in [0.15, 0.2) is 0 Å². The van der Waals surface area contributed by atoms with Crippen LogP contribution in [0.4, 0.5) is 0 Å². The summed E-state index contributed by atoms with van der Waals surface area (Å²) in [6, 6.07) is 6.30. The van der Waals surface area contributed by atoms with Crippen molar-refractivity contribution >= 4 is 0 Å². The normalized spacial score (nSPS) is 11.8. The Morgan fingerprint density at radius 1 is 1.57 bits per heavy atom. The van der Waals surface area contributed by atoms with Crippen molar-refractivity contribution in [2.75, 3.05) is 0 Å². The van der Waals surface area contributed by atoms with Crippen LogP contribution in [0.25, 0.3) is 0 Å². The molecule has 0 nitrogen and oxygen atoms in total. The Hall–Kier alpha value is -1.48. The lowest BCUT2D eigenvalue weighted by atomic mass is 9.92. The number of rotatable bonds is 3. The Kier molecular flexibility index (Phi) is 3.54. The molecule has 0 aliphatic carbocycles. The minimum absolute atomic E-state index is 0.458. The SMILES string of the molecule is C#Cc1cc(C)ccc1[C@@H](C)CC=C. The largest absolute Gasteiger partial charge is 0.115 e. The molecule has 0 saturated carbocycles. The molecule has 0 heterocycles. The summed E-state index contributed by atoms with van der Waals surface area (Å²) in [6.07, 6.45) is 8.38. The summed E-state index contributed by atoms with van der Waals surface area (Å²) in [5, 5.41) is 0. The van der Waals surface area contributed by atoms with Crippen molar-refractivity contribution < 1.29 is 0 Å². The molecule has 1 atom stereocenters. The second-order valence-corrected chi connectivity index (χ2v) is 3.66. The van der Waals surface area contributed by atoms with Crippen LogP contribution in [0.2, 0.25) is 0 Å². The standard InChI is InChI=1S/C14H16/c1-5-7-12(4)14-9-8-11(3)10-13(14)6-2/h2,5,8-10,12H,1,7H2,3-4H3/t12-/m0/s1. The van der Waals surface area contributed by atoms with Crippen molar-refractivity contribution in [2.24, 2.45) is 0 Å². The number of aryl methyl sites for hydroxylation is 1. The van der Waals surface area contributed by atoms with Crippen LogP contribution in [0.15, 0.2) is 30.9 Å². The topological polar surface area (TPSA) is 0 Å². The summed E-state index contributed by atoms with van der Waals surface area (Å²) in [6.45, 7) is 7.98. The molecule has 14 heavy (non-hydrogen) atoms. The average molecular weight is 184 g/mol. The molecule has 1 aromatic rings. The zero-order chi connectivity index (χ0) is 10.6. The summed E-state index contributed by atoms with van der Waals surface area (Å²) in [4.78, 5) is 0. The van der Waals surface area contributed by atoms with E-state index in [2.05, 4.69) is 44.5 Å². The van der Waals surface area contributed by atoms with Gasteiger partial charge in [-0.3, -0.25) is 0 Å². The second kappa shape index (κ2) is 4.67. The van der Waals surface area contributed by atoms with Crippen molar-refractivity contribution in [1.82, 2.24) is 0 Å². The summed E-state index contributed by atoms with van der Waals surface area (Å²) in [7, 11) is 0. The van der Waals surface area contributed by atoms with E-state index in [1.165, 1.54) is 11.1 Å². The molecule has 0 spiro atoms. The van der Waals surface area contributed by atoms with E-state index in [1.54, 1.807) is 0 Å². The van der Waals surface area contributed by atoms with Crippen LogP contribution >= 0.6 is 0 Å². The first kappa shape index (κ1) is 10.6. The molecule has 0 aromatic heterocycles. The molecule has 0 radical (unpaired) electrons. The third-order valence-corrected chi connectivity index (χ3v) is 2.42. The molecule has 1 rings (SSSR count). The highest BCUT2D eigenvalue weighted by Gasteiger charge is 2.07. The Morgan fingerprint density at radius 2 is 2.29 bits per heavy atom. The van der Waals surface area contributed by atoms with Crippen LogP contribution in [0.5, 0.6) is 0 Å². The lowest BCUT2D eigenvalue weighted by molar-refractivity contribution is 0.779. The van der Waals surface area contributed by atoms with Gasteiger partial charge in [0.1, 0.15) is 0 Å². The molecule has 0 bridgehead atoms. The Morgan fingerprint density at radius 3 is 2.86 bits per heavy atom. The highest BCUT2D eigenvalue weighted by atomic mass is 14.1. The predicted octanol–water partition coefficient (Wildman–Crippen LogP) is 3.66. The van der Waals surface area contributed by atoms with E-state index < -0.39 is 0 Å². The second-order valence-electron chi connectivity index (χ2n) is 3.66. The molecule has 0 aliphatic rings. The molecule has 0 amide bonds. The summed E-state index contributed by atoms with van der Waals surface area (Å²) >= 11 is 0. The van der Waals surface area contributed by atoms with Gasteiger partial charge in [-0.15, -0.1) is 13.0 Å². The van der Waals surface area contributed by atoms with Gasteiger partial charge in [-0.1, -0.05) is 31.1 Å². The number of hydrogen-bond acceptors (Lipinski definition) is 0. The monoisotopic (exact) mass is 184 g/mol. The molecular weight excluding hydrogens is 168 g/mol. The summed E-state index contributed by atoms with van der Waals surface area (Å²) < 4.78 is 0. The maximum Gasteiger partial charge on any atom is 0.0280 e. The Labute approximate surface area is 86.7 Å². The van der Waals surface area contributed by atoms with E-state index >= 15 is 0 Å². The van der Waals surface area contributed by atoms with Crippen LogP contribution in [0.3, 0.4) is 0 Å². The molecule has 0 N–H and O–H groups in total. The van der Waals surface area contributed by atoms with Crippen molar-refractivity contribution in [3.05, 3.63) is 47.5 Å². The maximum absolute atomic E-state index is 5.48. The van der Waals surface area contributed by atoms with Crippen LogP contribution in [0.1, 0.15) is 36.0 Å². The molecule has 0 saturated heterocycles. The third-order valence-electron chi connectivity index (χ3n) is 2.42. The van der Waals surface area contributed by atoms with E-state index in [0.29, 0.717) is 5.92 Å². The minimum atomic E-state index is 0.458. The van der Waals surface area contributed by atoms with Gasteiger partial charge in [0, 0.05) is 5.56 Å². The number of terminal acetylenes is 1. The van der Waals surface area contributed by atoms with Gasteiger partial charge in [0.2, 0.25) is 0 Å². The van der Waals surface area contributed by atoms with E-state index in [0.717, 1.165) is 12.0 Å². The first-order valence-corrected chi connectivity index (χ1v) is 4.87. The first-order valence-electron chi connectivity index (χ1n) is 4.87. The fraction of sp³-hybridized carbons (Fsp3) is 0.286. The molecule has 1 aromatic carbocycles. The molecule has 0 aliphatic heterocycles. The van der Waals surface area contributed by atoms with Gasteiger partial charge in [0.05, 0.1) is 0 Å². The molecule has 0 unspecified atom stereocenters. The van der Waals surface area contributed by atoms with Crippen LogP contribution < -0.4 is 0 Å². The zero-order valence-electron chi connectivity index (χ0n) is 8.88. The van der Waals surface area contributed by atoms with Crippen molar-refractivity contribution in [2.45, 2.75) is 26.2 Å². The number of hydrogen-bond donors (Lipinski definition) is 0. The van der Waals surface area contributed by atoms with E-state index in [4.69, 9.17) is 6.42 Å². The summed E-state index contributed by atoms with van der Waals surface area (Å²) in [5.74, 6) is 3.20. The lowest BCUT2D eigenvalue weighted by Gasteiger charge is -2.12. The van der Waals surface area contributed by atoms with Gasteiger partial charge < -0.3 is 0 Å². The molecule has 0 fully saturated rings. The van der Waals surface area contributed by atoms with Crippen molar-refractivity contribution in [3.63, 3.8) is 0 Å². The fourth-order valence-corrected chi connectivity index (χ4v) is 1.60. The minimum Gasteiger partial charge on any atom is -0.115 e. The Balaban J connectivity index is 3.08. The van der Waals surface area contributed by atoms with Crippen LogP contribution in [0, 0.1) is 19.3 Å². The fourth-order valence-electron chi connectivity index (χ4n) is 1.60. The quantitative estimate of drug-likeness (QED) is 0.497. The van der Waals surface area contributed by atoms with E-state index in [1.807, 2.05) is 6.08 Å². The lowest BCUT2D eigenvalue weighted by Crippen LogP contribution is -1.96. The van der Waals surface area contributed by atoms with Crippen LogP contribution in [-0.4, -0.2) is 0 Å². The molecule has 0 heteroatoms. The summed E-state index contributed by atoms with van der Waals surface area (Å²) in [5.41, 5.74) is 3.48. The van der Waals surface area contributed by atoms with Crippen molar-refractivity contribution in [3.8, 4) is 12.3 Å². The average Bonchev–Trinajstić information content (AvgIpc) is 2.17. The van der Waals surface area contributed by atoms with Gasteiger partial charge >= 0.3 is 0 Å². The first-order chi connectivity index (χ1) is 6.69. The van der Waals surface area contributed by atoms with Crippen LogP contribution in [-0.2, 0) is 0 Å². The smallest absolute Gasteiger partial charge is 0.0280 e. The van der Waals surface area contributed by atoms with Gasteiger partial charge in [-0.2, -0.15) is 0 Å². The highest BCUT2D eigenvalue weighted by Crippen LogP contribution is 2.23. The number of benzene rings is 1.